The molecule has 0 spiro atoms. The fourth-order valence-electron chi connectivity index (χ4n) is 1.38. The summed E-state index contributed by atoms with van der Waals surface area (Å²) in [6.45, 7) is 1.10. The van der Waals surface area contributed by atoms with Crippen LogP contribution in [0.2, 0.25) is 0 Å². The van der Waals surface area contributed by atoms with Crippen LogP contribution >= 0.6 is 11.9 Å². The number of carboxylic acids is 1. The molecule has 1 aromatic heterocycles. The van der Waals surface area contributed by atoms with Crippen molar-refractivity contribution in [2.45, 2.75) is 30.6 Å². The van der Waals surface area contributed by atoms with Crippen LogP contribution in [0.5, 0.6) is 0 Å². The minimum atomic E-state index is -4.47. The van der Waals surface area contributed by atoms with E-state index < -0.39 is 29.7 Å². The largest absolute Gasteiger partial charge is 0.476 e. The van der Waals surface area contributed by atoms with E-state index in [1.165, 1.54) is 7.11 Å². The number of hydrogen-bond acceptors (Lipinski definition) is 4. The van der Waals surface area contributed by atoms with Gasteiger partial charge < -0.3 is 14.4 Å². The molecule has 2 N–H and O–H groups in total. The normalized spacial score (nSPS) is 13.4. The first-order chi connectivity index (χ1) is 9.68. The van der Waals surface area contributed by atoms with Crippen LogP contribution in [-0.2, 0) is 11.3 Å². The number of hydrogen-bond donors (Lipinski definition) is 2. The molecule has 0 saturated heterocycles. The molecule has 1 unspecified atom stereocenters. The molecule has 0 aliphatic heterocycles. The van der Waals surface area contributed by atoms with Crippen molar-refractivity contribution in [3.05, 3.63) is 17.7 Å². The first-order valence-corrected chi connectivity index (χ1v) is 6.60. The Bertz CT molecular complexity index is 504. The molecule has 0 aliphatic rings. The molecule has 0 aliphatic carbocycles. The summed E-state index contributed by atoms with van der Waals surface area (Å²) < 4.78 is 58.9. The summed E-state index contributed by atoms with van der Waals surface area (Å²) in [5, 5.41) is 8.95. The molecule has 0 saturated carbocycles. The Hall–Kier alpha value is -1.26. The van der Waals surface area contributed by atoms with E-state index in [-0.39, 0.29) is 18.0 Å². The first kappa shape index (κ1) is 17.8. The Kier molecular flexibility index (Phi) is 6.05. The maximum absolute atomic E-state index is 13.9. The quantitative estimate of drug-likeness (QED) is 0.594. The lowest BCUT2D eigenvalue weighted by atomic mass is 10.4. The van der Waals surface area contributed by atoms with Crippen molar-refractivity contribution in [3.8, 4) is 0 Å². The number of carboxylic acid groups (broad SMARTS) is 1. The second kappa shape index (κ2) is 7.14. The SMILES string of the molecule is COCCn1cc(SNC(C)C(F)(F)F)c(F)c1C(=O)O. The molecule has 5 nitrogen and oxygen atoms in total. The summed E-state index contributed by atoms with van der Waals surface area (Å²) in [5.74, 6) is -2.58. The Labute approximate surface area is 122 Å². The highest BCUT2D eigenvalue weighted by atomic mass is 32.2. The molecule has 0 amide bonds. The van der Waals surface area contributed by atoms with E-state index in [0.717, 1.165) is 17.7 Å². The van der Waals surface area contributed by atoms with Crippen molar-refractivity contribution in [1.82, 2.24) is 9.29 Å². The molecule has 10 heteroatoms. The van der Waals surface area contributed by atoms with Crippen LogP contribution in [0.1, 0.15) is 17.4 Å². The van der Waals surface area contributed by atoms with Crippen molar-refractivity contribution in [2.24, 2.45) is 0 Å². The number of halogens is 4. The maximum atomic E-state index is 13.9. The standard InChI is InChI=1S/C11H14F4N2O3S/c1-6(11(13,14)15)16-21-7-5-17(3-4-20-2)9(8(7)12)10(18)19/h5-6,16H,3-4H2,1-2H3,(H,18,19). The predicted molar refractivity (Wildman–Crippen MR) is 67.7 cm³/mol. The van der Waals surface area contributed by atoms with Crippen molar-refractivity contribution >= 4 is 17.9 Å². The summed E-state index contributed by atoms with van der Waals surface area (Å²) in [6.07, 6.45) is -3.34. The average molecular weight is 330 g/mol. The van der Waals surface area contributed by atoms with Crippen molar-refractivity contribution in [2.75, 3.05) is 13.7 Å². The van der Waals surface area contributed by atoms with Gasteiger partial charge in [-0.05, 0) is 18.9 Å². The first-order valence-electron chi connectivity index (χ1n) is 5.78. The van der Waals surface area contributed by atoms with Gasteiger partial charge in [0.1, 0.15) is 6.04 Å². The lowest BCUT2D eigenvalue weighted by Gasteiger charge is -2.15. The molecule has 1 heterocycles. The zero-order valence-corrected chi connectivity index (χ0v) is 12.0. The average Bonchev–Trinajstić information content (AvgIpc) is 2.68. The van der Waals surface area contributed by atoms with Gasteiger partial charge in [0.25, 0.3) is 0 Å². The molecule has 21 heavy (non-hydrogen) atoms. The van der Waals surface area contributed by atoms with E-state index in [2.05, 4.69) is 0 Å². The van der Waals surface area contributed by atoms with Crippen molar-refractivity contribution in [1.29, 1.82) is 0 Å². The zero-order valence-electron chi connectivity index (χ0n) is 11.2. The van der Waals surface area contributed by atoms with Gasteiger partial charge >= 0.3 is 12.1 Å². The van der Waals surface area contributed by atoms with E-state index in [0.29, 0.717) is 11.9 Å². The van der Waals surface area contributed by atoms with Gasteiger partial charge in [0.2, 0.25) is 0 Å². The van der Waals surface area contributed by atoms with Crippen molar-refractivity contribution in [3.63, 3.8) is 0 Å². The number of carbonyl (C=O) groups is 1. The second-order valence-electron chi connectivity index (χ2n) is 4.13. The van der Waals surface area contributed by atoms with E-state index in [4.69, 9.17) is 9.84 Å². The molecular formula is C11H14F4N2O3S. The third-order valence-corrected chi connectivity index (χ3v) is 3.54. The number of ether oxygens (including phenoxy) is 1. The Balaban J connectivity index is 2.90. The van der Waals surface area contributed by atoms with E-state index in [1.54, 1.807) is 0 Å². The number of rotatable bonds is 7. The van der Waals surface area contributed by atoms with Gasteiger partial charge in [0.05, 0.1) is 11.5 Å². The van der Waals surface area contributed by atoms with Gasteiger partial charge in [-0.1, -0.05) is 0 Å². The fourth-order valence-corrected chi connectivity index (χ4v) is 2.18. The summed E-state index contributed by atoms with van der Waals surface area (Å²) in [6, 6.07) is -1.86. The van der Waals surface area contributed by atoms with Crippen LogP contribution in [0.15, 0.2) is 11.1 Å². The number of alkyl halides is 3. The van der Waals surface area contributed by atoms with Gasteiger partial charge in [0.15, 0.2) is 11.5 Å². The van der Waals surface area contributed by atoms with Crippen LogP contribution < -0.4 is 4.72 Å². The molecule has 1 aromatic rings. The minimum Gasteiger partial charge on any atom is -0.476 e. The highest BCUT2D eigenvalue weighted by Crippen LogP contribution is 2.28. The van der Waals surface area contributed by atoms with E-state index in [9.17, 15) is 22.4 Å². The van der Waals surface area contributed by atoms with Gasteiger partial charge in [-0.2, -0.15) is 13.2 Å². The Morgan fingerprint density at radius 3 is 2.67 bits per heavy atom. The number of aromatic nitrogens is 1. The third kappa shape index (κ3) is 4.61. The molecular weight excluding hydrogens is 316 g/mol. The van der Waals surface area contributed by atoms with Gasteiger partial charge in [-0.3, -0.25) is 0 Å². The Morgan fingerprint density at radius 2 is 2.19 bits per heavy atom. The lowest BCUT2D eigenvalue weighted by molar-refractivity contribution is -0.146. The second-order valence-corrected chi connectivity index (χ2v) is 5.01. The molecule has 1 rings (SSSR count). The third-order valence-electron chi connectivity index (χ3n) is 2.56. The highest BCUT2D eigenvalue weighted by molar-refractivity contribution is 7.97. The van der Waals surface area contributed by atoms with Gasteiger partial charge in [-0.25, -0.2) is 13.9 Å². The Morgan fingerprint density at radius 1 is 1.57 bits per heavy atom. The summed E-state index contributed by atoms with van der Waals surface area (Å²) in [5.41, 5.74) is -0.615. The van der Waals surface area contributed by atoms with Crippen molar-refractivity contribution < 1.29 is 32.2 Å². The minimum absolute atomic E-state index is 0.0738. The zero-order chi connectivity index (χ0) is 16.2. The molecule has 0 aromatic carbocycles. The van der Waals surface area contributed by atoms with E-state index >= 15 is 0 Å². The number of nitrogens with zero attached hydrogens (tertiary/aromatic N) is 1. The van der Waals surface area contributed by atoms with Crippen LogP contribution in [0.25, 0.3) is 0 Å². The number of aromatic carboxylic acids is 1. The molecule has 0 fully saturated rings. The van der Waals surface area contributed by atoms with Crippen LogP contribution in [-0.4, -0.2) is 41.6 Å². The number of nitrogens with one attached hydrogen (secondary N) is 1. The molecule has 0 radical (unpaired) electrons. The molecule has 120 valence electrons. The summed E-state index contributed by atoms with van der Waals surface area (Å²) in [4.78, 5) is 10.8. The van der Waals surface area contributed by atoms with Gasteiger partial charge in [-0.15, -0.1) is 0 Å². The maximum Gasteiger partial charge on any atom is 0.404 e. The monoisotopic (exact) mass is 330 g/mol. The number of methoxy groups -OCH3 is 1. The fraction of sp³-hybridized carbons (Fsp3) is 0.545. The molecule has 0 bridgehead atoms. The topological polar surface area (TPSA) is 63.5 Å². The van der Waals surface area contributed by atoms with E-state index in [1.807, 2.05) is 4.72 Å². The lowest BCUT2D eigenvalue weighted by Crippen LogP contribution is -2.35. The van der Waals surface area contributed by atoms with Crippen LogP contribution in [0.4, 0.5) is 17.6 Å². The smallest absolute Gasteiger partial charge is 0.404 e. The summed E-state index contributed by atoms with van der Waals surface area (Å²) in [7, 11) is 1.39. The summed E-state index contributed by atoms with van der Waals surface area (Å²) >= 11 is 0.398. The predicted octanol–water partition coefficient (Wildman–Crippen LogP) is 2.52. The highest BCUT2D eigenvalue weighted by Gasteiger charge is 2.36. The molecule has 1 atom stereocenters. The van der Waals surface area contributed by atoms with Gasteiger partial charge in [0, 0.05) is 19.9 Å². The van der Waals surface area contributed by atoms with Crippen LogP contribution in [0, 0.1) is 5.82 Å². The van der Waals surface area contributed by atoms with Crippen LogP contribution in [0.3, 0.4) is 0 Å².